The molecule has 1 saturated heterocycles. The van der Waals surface area contributed by atoms with E-state index in [-0.39, 0.29) is 11.7 Å². The molecule has 2 aromatic rings. The summed E-state index contributed by atoms with van der Waals surface area (Å²) in [5.41, 5.74) is 1.11. The third-order valence-corrected chi connectivity index (χ3v) is 3.58. The number of carbonyl (C=O) groups is 1. The molecule has 1 fully saturated rings. The van der Waals surface area contributed by atoms with Crippen molar-refractivity contribution in [1.82, 2.24) is 15.1 Å². The van der Waals surface area contributed by atoms with Gasteiger partial charge in [-0.25, -0.2) is 4.79 Å². The lowest BCUT2D eigenvalue weighted by molar-refractivity contribution is 0.0675. The van der Waals surface area contributed by atoms with Crippen molar-refractivity contribution in [3.8, 4) is 5.75 Å². The van der Waals surface area contributed by atoms with Crippen LogP contribution in [0.15, 0.2) is 36.5 Å². The molecule has 1 aliphatic rings. The monoisotopic (exact) mass is 287 g/mol. The van der Waals surface area contributed by atoms with Gasteiger partial charge in [0.2, 0.25) is 0 Å². The van der Waals surface area contributed by atoms with Gasteiger partial charge in [-0.15, -0.1) is 0 Å². The minimum absolute atomic E-state index is 0.0742. The number of aromatic nitrogens is 2. The number of hydrogen-bond acceptors (Lipinski definition) is 4. The van der Waals surface area contributed by atoms with Crippen molar-refractivity contribution in [2.75, 3.05) is 13.1 Å². The quantitative estimate of drug-likeness (QED) is 0.875. The van der Waals surface area contributed by atoms with Crippen LogP contribution in [-0.4, -0.2) is 33.9 Å². The number of hydrogen-bond donors (Lipinski definition) is 2. The van der Waals surface area contributed by atoms with Crippen molar-refractivity contribution < 1.29 is 14.6 Å². The molecule has 0 spiro atoms. The van der Waals surface area contributed by atoms with E-state index in [1.807, 2.05) is 30.3 Å². The summed E-state index contributed by atoms with van der Waals surface area (Å²) in [6.07, 6.45) is 2.37. The van der Waals surface area contributed by atoms with Gasteiger partial charge in [-0.2, -0.15) is 5.10 Å². The van der Waals surface area contributed by atoms with Crippen LogP contribution in [0.3, 0.4) is 0 Å². The summed E-state index contributed by atoms with van der Waals surface area (Å²) < 4.78 is 7.20. The fourth-order valence-electron chi connectivity index (χ4n) is 2.52. The number of ether oxygens (including phenoxy) is 1. The number of carboxylic acids is 1. The maximum absolute atomic E-state index is 11.5. The molecule has 0 bridgehead atoms. The molecule has 6 heteroatoms. The van der Waals surface area contributed by atoms with Gasteiger partial charge in [-0.1, -0.05) is 30.3 Å². The van der Waals surface area contributed by atoms with E-state index in [1.165, 1.54) is 6.20 Å². The van der Waals surface area contributed by atoms with Crippen LogP contribution in [0.25, 0.3) is 0 Å². The second kappa shape index (κ2) is 5.97. The molecule has 21 heavy (non-hydrogen) atoms. The Morgan fingerprint density at radius 3 is 2.90 bits per heavy atom. The molecule has 0 aliphatic carbocycles. The fourth-order valence-corrected chi connectivity index (χ4v) is 2.52. The van der Waals surface area contributed by atoms with Crippen molar-refractivity contribution in [3.05, 3.63) is 47.8 Å². The number of carboxylic acid groups (broad SMARTS) is 1. The molecule has 0 radical (unpaired) electrons. The van der Waals surface area contributed by atoms with Gasteiger partial charge in [0.15, 0.2) is 11.4 Å². The zero-order valence-corrected chi connectivity index (χ0v) is 11.5. The van der Waals surface area contributed by atoms with Crippen LogP contribution in [0.4, 0.5) is 0 Å². The van der Waals surface area contributed by atoms with Gasteiger partial charge in [-0.3, -0.25) is 4.68 Å². The Labute approximate surface area is 122 Å². The number of nitrogens with one attached hydrogen (secondary N) is 1. The van der Waals surface area contributed by atoms with E-state index in [0.717, 1.165) is 25.1 Å². The molecule has 0 saturated carbocycles. The van der Waals surface area contributed by atoms with Gasteiger partial charge in [0.05, 0.1) is 12.2 Å². The molecule has 3 rings (SSSR count). The molecule has 110 valence electrons. The van der Waals surface area contributed by atoms with Gasteiger partial charge in [0, 0.05) is 6.54 Å². The Hall–Kier alpha value is -2.34. The van der Waals surface area contributed by atoms with E-state index in [9.17, 15) is 9.90 Å². The first-order valence-electron chi connectivity index (χ1n) is 6.94. The second-order valence-corrected chi connectivity index (χ2v) is 5.03. The van der Waals surface area contributed by atoms with E-state index in [4.69, 9.17) is 4.74 Å². The van der Waals surface area contributed by atoms with Crippen molar-refractivity contribution in [2.24, 2.45) is 0 Å². The molecular weight excluding hydrogens is 270 g/mol. The maximum Gasteiger partial charge on any atom is 0.358 e. The largest absolute Gasteiger partial charge is 0.485 e. The highest BCUT2D eigenvalue weighted by molar-refractivity contribution is 5.88. The smallest absolute Gasteiger partial charge is 0.358 e. The van der Waals surface area contributed by atoms with Crippen LogP contribution >= 0.6 is 0 Å². The first-order chi connectivity index (χ1) is 10.3. The number of aromatic carboxylic acids is 1. The minimum atomic E-state index is -1.01. The Morgan fingerprint density at radius 1 is 1.43 bits per heavy atom. The summed E-state index contributed by atoms with van der Waals surface area (Å²) >= 11 is 0. The molecule has 1 aromatic carbocycles. The van der Waals surface area contributed by atoms with E-state index in [2.05, 4.69) is 10.4 Å². The van der Waals surface area contributed by atoms with Crippen LogP contribution in [0.5, 0.6) is 5.75 Å². The fraction of sp³-hybridized carbons (Fsp3) is 0.333. The van der Waals surface area contributed by atoms with Gasteiger partial charge in [0.25, 0.3) is 0 Å². The Morgan fingerprint density at radius 2 is 2.24 bits per heavy atom. The molecule has 1 atom stereocenters. The Kier molecular flexibility index (Phi) is 3.87. The number of nitrogens with zero attached hydrogens (tertiary/aromatic N) is 2. The van der Waals surface area contributed by atoms with Crippen LogP contribution in [0.1, 0.15) is 28.5 Å². The molecular formula is C15H17N3O3. The number of benzene rings is 1. The average Bonchev–Trinajstić information content (AvgIpc) is 3.15. The summed E-state index contributed by atoms with van der Waals surface area (Å²) in [5.74, 6) is -0.694. The second-order valence-electron chi connectivity index (χ2n) is 5.03. The van der Waals surface area contributed by atoms with Crippen molar-refractivity contribution in [1.29, 1.82) is 0 Å². The molecule has 1 aliphatic heterocycles. The first-order valence-corrected chi connectivity index (χ1v) is 6.94. The third-order valence-electron chi connectivity index (χ3n) is 3.58. The summed E-state index contributed by atoms with van der Waals surface area (Å²) in [6.45, 7) is 1.94. The topological polar surface area (TPSA) is 76.4 Å². The first kappa shape index (κ1) is 13.6. The summed E-state index contributed by atoms with van der Waals surface area (Å²) in [7, 11) is 0. The van der Waals surface area contributed by atoms with E-state index < -0.39 is 5.97 Å². The summed E-state index contributed by atoms with van der Waals surface area (Å²) in [4.78, 5) is 11.5. The summed E-state index contributed by atoms with van der Waals surface area (Å²) in [5, 5.41) is 16.8. The molecule has 0 amide bonds. The predicted octanol–water partition coefficient (Wildman–Crippen LogP) is 1.69. The van der Waals surface area contributed by atoms with E-state index >= 15 is 0 Å². The highest BCUT2D eigenvalue weighted by Crippen LogP contribution is 2.25. The zero-order chi connectivity index (χ0) is 14.7. The average molecular weight is 287 g/mol. The van der Waals surface area contributed by atoms with Crippen molar-refractivity contribution in [3.63, 3.8) is 0 Å². The highest BCUT2D eigenvalue weighted by atomic mass is 16.5. The lowest BCUT2D eigenvalue weighted by atomic mass is 10.2. The Balaban J connectivity index is 1.80. The number of rotatable bonds is 5. The van der Waals surface area contributed by atoms with Gasteiger partial charge < -0.3 is 15.2 Å². The van der Waals surface area contributed by atoms with Crippen molar-refractivity contribution >= 4 is 5.97 Å². The van der Waals surface area contributed by atoms with Crippen molar-refractivity contribution in [2.45, 2.75) is 19.1 Å². The molecule has 2 N–H and O–H groups in total. The molecule has 1 unspecified atom stereocenters. The maximum atomic E-state index is 11.5. The predicted molar refractivity (Wildman–Crippen MR) is 76.5 cm³/mol. The highest BCUT2D eigenvalue weighted by Gasteiger charge is 2.26. The van der Waals surface area contributed by atoms with E-state index in [0.29, 0.717) is 12.4 Å². The lowest BCUT2D eigenvalue weighted by Gasteiger charge is -2.12. The van der Waals surface area contributed by atoms with E-state index in [1.54, 1.807) is 4.68 Å². The van der Waals surface area contributed by atoms with Crippen LogP contribution < -0.4 is 10.1 Å². The summed E-state index contributed by atoms with van der Waals surface area (Å²) in [6, 6.07) is 9.72. The van der Waals surface area contributed by atoms with Gasteiger partial charge >= 0.3 is 5.97 Å². The SMILES string of the molecule is O=C(O)c1c(OCc2ccccc2)cnn1C1CCNC1. The molecule has 6 nitrogen and oxygen atoms in total. The Bertz CT molecular complexity index is 618. The van der Waals surface area contributed by atoms with Gasteiger partial charge in [0.1, 0.15) is 6.61 Å². The third kappa shape index (κ3) is 2.90. The zero-order valence-electron chi connectivity index (χ0n) is 11.5. The van der Waals surface area contributed by atoms with Gasteiger partial charge in [-0.05, 0) is 18.5 Å². The lowest BCUT2D eigenvalue weighted by Crippen LogP contribution is -2.19. The normalized spacial score (nSPS) is 17.8. The van der Waals surface area contributed by atoms with Crippen LogP contribution in [-0.2, 0) is 6.61 Å². The van der Waals surface area contributed by atoms with Crippen LogP contribution in [0, 0.1) is 0 Å². The van der Waals surface area contributed by atoms with Crippen LogP contribution in [0.2, 0.25) is 0 Å². The molecule has 1 aromatic heterocycles. The standard InChI is InChI=1S/C15H17N3O3/c19-15(20)14-13(21-10-11-4-2-1-3-5-11)9-17-18(14)12-6-7-16-8-12/h1-5,9,12,16H,6-8,10H2,(H,19,20). The minimum Gasteiger partial charge on any atom is -0.485 e. The molecule has 2 heterocycles.